The second-order valence-corrected chi connectivity index (χ2v) is 5.79. The molecule has 0 aliphatic rings. The number of ether oxygens (including phenoxy) is 1. The molecule has 1 amide bonds. The lowest BCUT2D eigenvalue weighted by atomic mass is 10.1. The normalized spacial score (nSPS) is 10.8. The van der Waals surface area contributed by atoms with E-state index in [1.807, 2.05) is 50.2 Å². The lowest BCUT2D eigenvalue weighted by Crippen LogP contribution is -2.22. The van der Waals surface area contributed by atoms with Crippen molar-refractivity contribution in [3.05, 3.63) is 59.7 Å². The van der Waals surface area contributed by atoms with Crippen LogP contribution in [-0.4, -0.2) is 25.0 Å². The molecule has 4 N–H and O–H groups in total. The fourth-order valence-electron chi connectivity index (χ4n) is 2.16. The second kappa shape index (κ2) is 10.6. The minimum absolute atomic E-state index is 0. The van der Waals surface area contributed by atoms with Gasteiger partial charge in [-0.1, -0.05) is 12.1 Å². The Morgan fingerprint density at radius 3 is 2.27 bits per heavy atom. The van der Waals surface area contributed by atoms with Gasteiger partial charge in [0.15, 0.2) is 5.96 Å². The largest absolute Gasteiger partial charge is 0.491 e. The van der Waals surface area contributed by atoms with Crippen molar-refractivity contribution in [3.8, 4) is 5.75 Å². The minimum Gasteiger partial charge on any atom is -0.491 e. The highest BCUT2D eigenvalue weighted by Crippen LogP contribution is 2.16. The van der Waals surface area contributed by atoms with Gasteiger partial charge in [-0.25, -0.2) is 4.99 Å². The van der Waals surface area contributed by atoms with Crippen LogP contribution in [0.5, 0.6) is 5.75 Å². The summed E-state index contributed by atoms with van der Waals surface area (Å²) in [6.07, 6.45) is 0.139. The van der Waals surface area contributed by atoms with Crippen LogP contribution in [0.15, 0.2) is 53.5 Å². The van der Waals surface area contributed by atoms with Gasteiger partial charge in [0.25, 0.3) is 5.91 Å². The fraction of sp³-hybridized carbons (Fsp3) is 0.263. The van der Waals surface area contributed by atoms with Gasteiger partial charge in [-0.05, 0) is 55.8 Å². The molecular formula is C19H25IN4O2. The van der Waals surface area contributed by atoms with Gasteiger partial charge < -0.3 is 21.1 Å². The number of nitrogens with one attached hydrogen (secondary N) is 2. The number of rotatable bonds is 6. The smallest absolute Gasteiger partial charge is 0.251 e. The molecule has 0 aromatic heterocycles. The Bertz CT molecular complexity index is 728. The zero-order valence-electron chi connectivity index (χ0n) is 15.2. The third-order valence-corrected chi connectivity index (χ3v) is 3.37. The average molecular weight is 468 g/mol. The van der Waals surface area contributed by atoms with Crippen LogP contribution >= 0.6 is 24.0 Å². The summed E-state index contributed by atoms with van der Waals surface area (Å²) in [6, 6.07) is 14.8. The minimum atomic E-state index is -0.110. The van der Waals surface area contributed by atoms with Crippen LogP contribution < -0.4 is 21.1 Å². The first-order chi connectivity index (χ1) is 12.0. The number of carbonyl (C=O) groups is 1. The van der Waals surface area contributed by atoms with Gasteiger partial charge in [0, 0.05) is 18.3 Å². The Morgan fingerprint density at radius 1 is 1.12 bits per heavy atom. The number of hydrogen-bond donors (Lipinski definition) is 3. The third kappa shape index (κ3) is 6.91. The zero-order valence-corrected chi connectivity index (χ0v) is 17.5. The van der Waals surface area contributed by atoms with Crippen molar-refractivity contribution < 1.29 is 9.53 Å². The summed E-state index contributed by atoms with van der Waals surface area (Å²) in [5.74, 6) is 1.03. The molecule has 0 heterocycles. The van der Waals surface area contributed by atoms with E-state index in [-0.39, 0.29) is 36.0 Å². The second-order valence-electron chi connectivity index (χ2n) is 5.79. The monoisotopic (exact) mass is 468 g/mol. The van der Waals surface area contributed by atoms with Gasteiger partial charge in [-0.3, -0.25) is 4.79 Å². The molecule has 0 aliphatic heterocycles. The van der Waals surface area contributed by atoms with Crippen molar-refractivity contribution >= 4 is 41.5 Å². The van der Waals surface area contributed by atoms with Gasteiger partial charge in [0.1, 0.15) is 5.75 Å². The van der Waals surface area contributed by atoms with E-state index >= 15 is 0 Å². The van der Waals surface area contributed by atoms with Gasteiger partial charge >= 0.3 is 0 Å². The molecule has 2 rings (SSSR count). The Kier molecular flexibility index (Phi) is 8.91. The lowest BCUT2D eigenvalue weighted by molar-refractivity contribution is 0.0963. The first-order valence-corrected chi connectivity index (χ1v) is 8.12. The molecule has 0 atom stereocenters. The number of nitrogens with two attached hydrogens (primary N) is 1. The van der Waals surface area contributed by atoms with Crippen LogP contribution in [0.4, 0.5) is 5.69 Å². The summed E-state index contributed by atoms with van der Waals surface area (Å²) in [5.41, 5.74) is 8.34. The van der Waals surface area contributed by atoms with E-state index in [4.69, 9.17) is 10.5 Å². The summed E-state index contributed by atoms with van der Waals surface area (Å²) < 4.78 is 5.60. The maximum Gasteiger partial charge on any atom is 0.251 e. The molecule has 2 aromatic carbocycles. The van der Waals surface area contributed by atoms with Crippen molar-refractivity contribution in [3.63, 3.8) is 0 Å². The van der Waals surface area contributed by atoms with E-state index in [0.29, 0.717) is 18.1 Å². The Hall–Kier alpha value is -2.29. The Morgan fingerprint density at radius 2 is 1.73 bits per heavy atom. The van der Waals surface area contributed by atoms with Crippen LogP contribution in [0.25, 0.3) is 0 Å². The quantitative estimate of drug-likeness (QED) is 0.345. The van der Waals surface area contributed by atoms with Crippen LogP contribution in [0.3, 0.4) is 0 Å². The number of anilines is 1. The molecule has 0 aliphatic carbocycles. The third-order valence-electron chi connectivity index (χ3n) is 3.37. The van der Waals surface area contributed by atoms with Crippen molar-refractivity contribution in [1.82, 2.24) is 5.32 Å². The number of hydrogen-bond acceptors (Lipinski definition) is 3. The summed E-state index contributed by atoms with van der Waals surface area (Å²) in [7, 11) is 1.61. The molecule has 26 heavy (non-hydrogen) atoms. The fourth-order valence-corrected chi connectivity index (χ4v) is 2.16. The lowest BCUT2D eigenvalue weighted by Gasteiger charge is -2.11. The predicted octanol–water partition coefficient (Wildman–Crippen LogP) is 3.38. The van der Waals surface area contributed by atoms with E-state index < -0.39 is 0 Å². The van der Waals surface area contributed by atoms with Gasteiger partial charge in [-0.2, -0.15) is 0 Å². The summed E-state index contributed by atoms with van der Waals surface area (Å²) in [4.78, 5) is 15.8. The molecule has 2 aromatic rings. The topological polar surface area (TPSA) is 88.7 Å². The standard InChI is InChI=1S/C19H24N4O2.HI/c1-13(2)25-17-10-8-16(9-11-17)23-19(20)22-12-14-4-6-15(7-5-14)18(24)21-3;/h4-11,13H,12H2,1-3H3,(H,21,24)(H3,20,22,23);1H. The van der Waals surface area contributed by atoms with E-state index in [2.05, 4.69) is 15.6 Å². The number of carbonyl (C=O) groups excluding carboxylic acids is 1. The average Bonchev–Trinajstić information content (AvgIpc) is 2.61. The zero-order chi connectivity index (χ0) is 18.2. The first-order valence-electron chi connectivity index (χ1n) is 8.12. The maximum absolute atomic E-state index is 11.5. The molecule has 140 valence electrons. The van der Waals surface area contributed by atoms with Crippen molar-refractivity contribution in [2.45, 2.75) is 26.5 Å². The Balaban J connectivity index is 0.00000338. The van der Waals surface area contributed by atoms with Gasteiger partial charge in [0.2, 0.25) is 0 Å². The SMILES string of the molecule is CNC(=O)c1ccc(CN=C(N)Nc2ccc(OC(C)C)cc2)cc1.I. The van der Waals surface area contributed by atoms with Crippen LogP contribution in [-0.2, 0) is 6.54 Å². The van der Waals surface area contributed by atoms with E-state index in [1.165, 1.54) is 0 Å². The van der Waals surface area contributed by atoms with Crippen LogP contribution in [0.2, 0.25) is 0 Å². The van der Waals surface area contributed by atoms with Crippen LogP contribution in [0.1, 0.15) is 29.8 Å². The molecular weight excluding hydrogens is 443 g/mol. The molecule has 0 radical (unpaired) electrons. The van der Waals surface area contributed by atoms with Gasteiger partial charge in [-0.15, -0.1) is 24.0 Å². The molecule has 0 saturated heterocycles. The summed E-state index contributed by atoms with van der Waals surface area (Å²) in [6.45, 7) is 4.40. The number of guanidine groups is 1. The number of halogens is 1. The van der Waals surface area contributed by atoms with Crippen LogP contribution in [0, 0.1) is 0 Å². The number of benzene rings is 2. The summed E-state index contributed by atoms with van der Waals surface area (Å²) >= 11 is 0. The number of aliphatic imine (C=N–C) groups is 1. The highest BCUT2D eigenvalue weighted by atomic mass is 127. The number of amides is 1. The molecule has 0 fully saturated rings. The van der Waals surface area contributed by atoms with E-state index in [1.54, 1.807) is 19.2 Å². The van der Waals surface area contributed by atoms with Crippen molar-refractivity contribution in [2.24, 2.45) is 10.7 Å². The predicted molar refractivity (Wildman–Crippen MR) is 116 cm³/mol. The van der Waals surface area contributed by atoms with Gasteiger partial charge in [0.05, 0.1) is 12.6 Å². The molecule has 0 saturated carbocycles. The molecule has 7 heteroatoms. The molecule has 0 unspecified atom stereocenters. The highest BCUT2D eigenvalue weighted by Gasteiger charge is 2.02. The van der Waals surface area contributed by atoms with E-state index in [9.17, 15) is 4.79 Å². The molecule has 0 bridgehead atoms. The number of nitrogens with zero attached hydrogens (tertiary/aromatic N) is 1. The van der Waals surface area contributed by atoms with Crippen molar-refractivity contribution in [1.29, 1.82) is 0 Å². The van der Waals surface area contributed by atoms with E-state index in [0.717, 1.165) is 17.0 Å². The first kappa shape index (κ1) is 21.8. The van der Waals surface area contributed by atoms with Crippen molar-refractivity contribution in [2.75, 3.05) is 12.4 Å². The maximum atomic E-state index is 11.5. The molecule has 6 nitrogen and oxygen atoms in total. The molecule has 0 spiro atoms. The Labute approximate surface area is 171 Å². The highest BCUT2D eigenvalue weighted by molar-refractivity contribution is 14.0. The summed E-state index contributed by atoms with van der Waals surface area (Å²) in [5, 5.41) is 5.63.